The number of hydrogen-bond acceptors (Lipinski definition) is 3. The summed E-state index contributed by atoms with van der Waals surface area (Å²) >= 11 is 5.70. The van der Waals surface area contributed by atoms with E-state index in [1.165, 1.54) is 10.4 Å². The smallest absolute Gasteiger partial charge is 0.246 e. The highest BCUT2D eigenvalue weighted by molar-refractivity contribution is 7.89. The zero-order valence-corrected chi connectivity index (χ0v) is 14.1. The van der Waals surface area contributed by atoms with E-state index in [-0.39, 0.29) is 16.8 Å². The second kappa shape index (κ2) is 7.42. The second-order valence-electron chi connectivity index (χ2n) is 5.23. The van der Waals surface area contributed by atoms with E-state index in [2.05, 4.69) is 0 Å². The van der Waals surface area contributed by atoms with Gasteiger partial charge in [-0.2, -0.15) is 4.31 Å². The monoisotopic (exact) mass is 336 g/mol. The first-order chi connectivity index (χ1) is 9.71. The van der Waals surface area contributed by atoms with Crippen LogP contribution in [0.1, 0.15) is 40.0 Å². The van der Waals surface area contributed by atoms with Gasteiger partial charge in [0, 0.05) is 18.3 Å². The zero-order valence-electron chi connectivity index (χ0n) is 12.6. The summed E-state index contributed by atoms with van der Waals surface area (Å²) in [6, 6.07) is 2.05. The minimum atomic E-state index is -3.96. The summed E-state index contributed by atoms with van der Waals surface area (Å²) in [5.41, 5.74) is 5.71. The molecule has 0 saturated heterocycles. The van der Waals surface area contributed by atoms with Crippen molar-refractivity contribution in [1.82, 2.24) is 4.31 Å². The molecule has 0 spiro atoms. The highest BCUT2D eigenvalue weighted by atomic mass is 35.5. The van der Waals surface area contributed by atoms with Crippen molar-refractivity contribution in [2.45, 2.75) is 51.0 Å². The predicted octanol–water partition coefficient (Wildman–Crippen LogP) is 3.65. The Hall–Kier alpha value is -0.850. The van der Waals surface area contributed by atoms with Crippen molar-refractivity contribution in [2.75, 3.05) is 12.3 Å². The van der Waals surface area contributed by atoms with Crippen molar-refractivity contribution in [3.63, 3.8) is 0 Å². The first-order valence-corrected chi connectivity index (χ1v) is 8.80. The van der Waals surface area contributed by atoms with Gasteiger partial charge in [-0.1, -0.05) is 31.4 Å². The molecule has 0 bridgehead atoms. The van der Waals surface area contributed by atoms with Crippen molar-refractivity contribution in [3.8, 4) is 0 Å². The third-order valence-electron chi connectivity index (χ3n) is 3.16. The van der Waals surface area contributed by atoms with E-state index in [9.17, 15) is 12.8 Å². The van der Waals surface area contributed by atoms with Gasteiger partial charge in [-0.25, -0.2) is 12.8 Å². The van der Waals surface area contributed by atoms with Gasteiger partial charge in [-0.15, -0.1) is 0 Å². The van der Waals surface area contributed by atoms with Gasteiger partial charge < -0.3 is 5.73 Å². The van der Waals surface area contributed by atoms with Crippen LogP contribution in [0.2, 0.25) is 5.02 Å². The van der Waals surface area contributed by atoms with E-state index in [1.807, 2.05) is 6.92 Å². The third kappa shape index (κ3) is 4.31. The van der Waals surface area contributed by atoms with E-state index in [4.69, 9.17) is 17.3 Å². The number of hydrogen-bond donors (Lipinski definition) is 1. The van der Waals surface area contributed by atoms with E-state index in [1.54, 1.807) is 13.8 Å². The molecule has 0 unspecified atom stereocenters. The lowest BCUT2D eigenvalue weighted by molar-refractivity contribution is 0.344. The topological polar surface area (TPSA) is 63.4 Å². The molecule has 0 atom stereocenters. The zero-order chi connectivity index (χ0) is 16.2. The Morgan fingerprint density at radius 1 is 1.33 bits per heavy atom. The van der Waals surface area contributed by atoms with Crippen LogP contribution in [-0.2, 0) is 10.0 Å². The maximum atomic E-state index is 14.1. The van der Waals surface area contributed by atoms with E-state index in [0.29, 0.717) is 6.54 Å². The third-order valence-corrected chi connectivity index (χ3v) is 5.51. The molecule has 120 valence electrons. The number of unbranched alkanes of at least 4 members (excludes halogenated alkanes) is 2. The quantitative estimate of drug-likeness (QED) is 0.610. The van der Waals surface area contributed by atoms with Crippen molar-refractivity contribution in [1.29, 1.82) is 0 Å². The Labute approximate surface area is 131 Å². The van der Waals surface area contributed by atoms with Gasteiger partial charge in [-0.05, 0) is 32.4 Å². The highest BCUT2D eigenvalue weighted by Gasteiger charge is 2.30. The van der Waals surface area contributed by atoms with Gasteiger partial charge in [0.25, 0.3) is 0 Å². The first kappa shape index (κ1) is 18.2. The SMILES string of the molecule is CCCCCN(C(C)C)S(=O)(=O)c1cc(N)cc(Cl)c1F. The van der Waals surface area contributed by atoms with Crippen LogP contribution in [0.5, 0.6) is 0 Å². The van der Waals surface area contributed by atoms with E-state index < -0.39 is 20.7 Å². The van der Waals surface area contributed by atoms with Crippen molar-refractivity contribution in [2.24, 2.45) is 0 Å². The fraction of sp³-hybridized carbons (Fsp3) is 0.571. The lowest BCUT2D eigenvalue weighted by Gasteiger charge is -2.26. The molecule has 21 heavy (non-hydrogen) atoms. The molecule has 1 aromatic carbocycles. The molecule has 0 aliphatic carbocycles. The van der Waals surface area contributed by atoms with Crippen molar-refractivity contribution in [3.05, 3.63) is 23.0 Å². The molecule has 4 nitrogen and oxygen atoms in total. The molecule has 0 saturated carbocycles. The molecular formula is C14H22ClFN2O2S. The highest BCUT2D eigenvalue weighted by Crippen LogP contribution is 2.29. The number of nitrogens with zero attached hydrogens (tertiary/aromatic N) is 1. The molecule has 0 aliphatic heterocycles. The van der Waals surface area contributed by atoms with Gasteiger partial charge in [-0.3, -0.25) is 0 Å². The van der Waals surface area contributed by atoms with Crippen molar-refractivity contribution < 1.29 is 12.8 Å². The lowest BCUT2D eigenvalue weighted by atomic mass is 10.2. The summed E-state index contributed by atoms with van der Waals surface area (Å²) in [6.45, 7) is 5.90. The number of anilines is 1. The Morgan fingerprint density at radius 3 is 2.48 bits per heavy atom. The second-order valence-corrected chi connectivity index (χ2v) is 7.50. The maximum absolute atomic E-state index is 14.1. The van der Waals surface area contributed by atoms with Crippen LogP contribution in [0.25, 0.3) is 0 Å². The van der Waals surface area contributed by atoms with Crippen LogP contribution in [0.15, 0.2) is 17.0 Å². The fourth-order valence-corrected chi connectivity index (χ4v) is 4.15. The molecular weight excluding hydrogens is 315 g/mol. The van der Waals surface area contributed by atoms with Gasteiger partial charge >= 0.3 is 0 Å². The molecule has 0 heterocycles. The average Bonchev–Trinajstić information content (AvgIpc) is 2.38. The van der Waals surface area contributed by atoms with Crippen LogP contribution in [0.4, 0.5) is 10.1 Å². The Bertz CT molecular complexity index is 591. The first-order valence-electron chi connectivity index (χ1n) is 6.98. The number of nitrogens with two attached hydrogens (primary N) is 1. The van der Waals surface area contributed by atoms with E-state index in [0.717, 1.165) is 25.3 Å². The summed E-state index contributed by atoms with van der Waals surface area (Å²) < 4.78 is 40.7. The Morgan fingerprint density at radius 2 is 1.95 bits per heavy atom. The minimum absolute atomic E-state index is 0.122. The van der Waals surface area contributed by atoms with Gasteiger partial charge in [0.15, 0.2) is 5.82 Å². The Kier molecular flexibility index (Phi) is 6.43. The minimum Gasteiger partial charge on any atom is -0.399 e. The molecule has 1 aromatic rings. The summed E-state index contributed by atoms with van der Waals surface area (Å²) in [6.07, 6.45) is 2.62. The number of halogens is 2. The Balaban J connectivity index is 3.23. The van der Waals surface area contributed by atoms with Gasteiger partial charge in [0.1, 0.15) is 4.90 Å². The van der Waals surface area contributed by atoms with Crippen LogP contribution in [0, 0.1) is 5.82 Å². The number of rotatable bonds is 7. The maximum Gasteiger partial charge on any atom is 0.246 e. The molecule has 0 aliphatic rings. The molecule has 0 radical (unpaired) electrons. The molecule has 0 amide bonds. The van der Waals surface area contributed by atoms with Crippen LogP contribution >= 0.6 is 11.6 Å². The number of benzene rings is 1. The van der Waals surface area contributed by atoms with Gasteiger partial charge in [0.2, 0.25) is 10.0 Å². The van der Waals surface area contributed by atoms with Gasteiger partial charge in [0.05, 0.1) is 5.02 Å². The predicted molar refractivity (Wildman–Crippen MR) is 84.4 cm³/mol. The number of sulfonamides is 1. The van der Waals surface area contributed by atoms with Crippen LogP contribution in [-0.4, -0.2) is 25.3 Å². The van der Waals surface area contributed by atoms with Crippen molar-refractivity contribution >= 4 is 27.3 Å². The summed E-state index contributed by atoms with van der Waals surface area (Å²) in [5.74, 6) is -0.952. The standard InChI is InChI=1S/C14H22ClFN2O2S/c1-4-5-6-7-18(10(2)3)21(19,20)13-9-11(17)8-12(15)14(13)16/h8-10H,4-7,17H2,1-3H3. The lowest BCUT2D eigenvalue weighted by Crippen LogP contribution is -2.38. The molecule has 0 fully saturated rings. The van der Waals surface area contributed by atoms with Crippen LogP contribution < -0.4 is 5.73 Å². The average molecular weight is 337 g/mol. The fourth-order valence-electron chi connectivity index (χ4n) is 2.07. The molecule has 1 rings (SSSR count). The molecule has 2 N–H and O–H groups in total. The summed E-state index contributed by atoms with van der Waals surface area (Å²) in [5, 5.41) is -0.286. The largest absolute Gasteiger partial charge is 0.399 e. The molecule has 7 heteroatoms. The normalized spacial score (nSPS) is 12.3. The van der Waals surface area contributed by atoms with Crippen LogP contribution in [0.3, 0.4) is 0 Å². The van der Waals surface area contributed by atoms with E-state index >= 15 is 0 Å². The summed E-state index contributed by atoms with van der Waals surface area (Å²) in [4.78, 5) is -0.460. The number of nitrogen functional groups attached to an aromatic ring is 1. The summed E-state index contributed by atoms with van der Waals surface area (Å²) in [7, 11) is -3.96. The molecule has 0 aromatic heterocycles.